The largest absolute Gasteiger partial charge is 0.335 e. The molecule has 1 heterocycles. The van der Waals surface area contributed by atoms with Crippen LogP contribution in [0.3, 0.4) is 0 Å². The van der Waals surface area contributed by atoms with Crippen LogP contribution in [0.2, 0.25) is 0 Å². The summed E-state index contributed by atoms with van der Waals surface area (Å²) in [7, 11) is 0. The Kier molecular flexibility index (Phi) is 5.36. The summed E-state index contributed by atoms with van der Waals surface area (Å²) in [4.78, 5) is 4.48. The third-order valence-corrected chi connectivity index (χ3v) is 3.66. The Hall–Kier alpha value is -1.61. The molecule has 0 amide bonds. The molecule has 1 aromatic heterocycles. The van der Waals surface area contributed by atoms with Crippen molar-refractivity contribution in [2.24, 2.45) is 0 Å². The normalized spacial score (nSPS) is 10.9. The molecule has 0 bridgehead atoms. The van der Waals surface area contributed by atoms with Gasteiger partial charge in [0.2, 0.25) is 0 Å². The zero-order valence-electron chi connectivity index (χ0n) is 12.8. The van der Waals surface area contributed by atoms with Gasteiger partial charge in [0.25, 0.3) is 0 Å². The maximum atomic E-state index is 4.48. The van der Waals surface area contributed by atoms with Crippen LogP contribution in [0.25, 0.3) is 0 Å². The molecule has 0 spiro atoms. The molecule has 1 N–H and O–H groups in total. The Morgan fingerprint density at radius 2 is 2.10 bits per heavy atom. The zero-order valence-corrected chi connectivity index (χ0v) is 12.8. The molecule has 3 heteroatoms. The number of imidazole rings is 1. The molecule has 20 heavy (non-hydrogen) atoms. The van der Waals surface area contributed by atoms with Crippen molar-refractivity contribution in [1.29, 1.82) is 0 Å². The van der Waals surface area contributed by atoms with E-state index in [0.29, 0.717) is 0 Å². The summed E-state index contributed by atoms with van der Waals surface area (Å²) in [5.41, 5.74) is 4.07. The molecular formula is C17H25N3. The standard InChI is InChI=1S/C17H25N3/c1-4-8-18-13-15-7-6-14(3)16(11-15)12-17-19-9-10-20(17)5-2/h6-7,9-11,18H,4-5,8,12-13H2,1-3H3. The number of aromatic nitrogens is 2. The van der Waals surface area contributed by atoms with Crippen LogP contribution in [0.4, 0.5) is 0 Å². The van der Waals surface area contributed by atoms with E-state index in [0.717, 1.165) is 31.9 Å². The third-order valence-electron chi connectivity index (χ3n) is 3.66. The van der Waals surface area contributed by atoms with Crippen molar-refractivity contribution in [2.75, 3.05) is 6.54 Å². The van der Waals surface area contributed by atoms with Gasteiger partial charge in [0, 0.05) is 31.9 Å². The Bertz CT molecular complexity index is 543. The van der Waals surface area contributed by atoms with Gasteiger partial charge >= 0.3 is 0 Å². The van der Waals surface area contributed by atoms with Crippen LogP contribution in [0.15, 0.2) is 30.6 Å². The van der Waals surface area contributed by atoms with E-state index in [2.05, 4.69) is 60.0 Å². The van der Waals surface area contributed by atoms with Crippen LogP contribution in [0.5, 0.6) is 0 Å². The van der Waals surface area contributed by atoms with Crippen LogP contribution in [-0.2, 0) is 19.5 Å². The van der Waals surface area contributed by atoms with Gasteiger partial charge in [0.05, 0.1) is 0 Å². The van der Waals surface area contributed by atoms with Gasteiger partial charge in [-0.15, -0.1) is 0 Å². The van der Waals surface area contributed by atoms with E-state index in [1.165, 1.54) is 23.1 Å². The zero-order chi connectivity index (χ0) is 14.4. The summed E-state index contributed by atoms with van der Waals surface area (Å²) < 4.78 is 2.21. The van der Waals surface area contributed by atoms with Gasteiger partial charge < -0.3 is 9.88 Å². The minimum Gasteiger partial charge on any atom is -0.335 e. The number of benzene rings is 1. The maximum absolute atomic E-state index is 4.48. The van der Waals surface area contributed by atoms with E-state index < -0.39 is 0 Å². The average molecular weight is 271 g/mol. The molecule has 0 atom stereocenters. The molecule has 0 unspecified atom stereocenters. The summed E-state index contributed by atoms with van der Waals surface area (Å²) in [5.74, 6) is 1.15. The molecule has 0 aliphatic rings. The monoisotopic (exact) mass is 271 g/mol. The fourth-order valence-electron chi connectivity index (χ4n) is 2.40. The first-order chi connectivity index (χ1) is 9.74. The Morgan fingerprint density at radius 3 is 2.85 bits per heavy atom. The first-order valence-corrected chi connectivity index (χ1v) is 7.53. The van der Waals surface area contributed by atoms with Crippen molar-refractivity contribution in [2.45, 2.75) is 46.7 Å². The maximum Gasteiger partial charge on any atom is 0.113 e. The van der Waals surface area contributed by atoms with Crippen LogP contribution in [0, 0.1) is 6.92 Å². The first-order valence-electron chi connectivity index (χ1n) is 7.53. The summed E-state index contributed by atoms with van der Waals surface area (Å²) in [6.45, 7) is 9.53. The fraction of sp³-hybridized carbons (Fsp3) is 0.471. The smallest absolute Gasteiger partial charge is 0.113 e. The minimum absolute atomic E-state index is 0.911. The molecule has 0 aliphatic heterocycles. The Morgan fingerprint density at radius 1 is 1.25 bits per heavy atom. The van der Waals surface area contributed by atoms with E-state index in [-0.39, 0.29) is 0 Å². The summed E-state index contributed by atoms with van der Waals surface area (Å²) in [6, 6.07) is 6.75. The molecule has 0 aliphatic carbocycles. The highest BCUT2D eigenvalue weighted by Crippen LogP contribution is 2.15. The number of nitrogens with zero attached hydrogens (tertiary/aromatic N) is 2. The molecule has 0 saturated carbocycles. The predicted octanol–water partition coefficient (Wildman–Crippen LogP) is 3.30. The molecule has 1 aromatic carbocycles. The highest BCUT2D eigenvalue weighted by atomic mass is 15.0. The van der Waals surface area contributed by atoms with Crippen molar-refractivity contribution in [3.05, 3.63) is 53.1 Å². The lowest BCUT2D eigenvalue weighted by atomic mass is 10.0. The highest BCUT2D eigenvalue weighted by molar-refractivity contribution is 5.33. The molecule has 2 aromatic rings. The second-order valence-corrected chi connectivity index (χ2v) is 5.24. The van der Waals surface area contributed by atoms with Gasteiger partial charge in [-0.2, -0.15) is 0 Å². The Labute approximate surface area is 122 Å². The number of nitrogens with one attached hydrogen (secondary N) is 1. The quantitative estimate of drug-likeness (QED) is 0.783. The fourth-order valence-corrected chi connectivity index (χ4v) is 2.40. The molecule has 0 fully saturated rings. The van der Waals surface area contributed by atoms with Crippen LogP contribution >= 0.6 is 0 Å². The second-order valence-electron chi connectivity index (χ2n) is 5.24. The van der Waals surface area contributed by atoms with Crippen molar-refractivity contribution >= 4 is 0 Å². The molecule has 0 radical (unpaired) electrons. The molecule has 0 saturated heterocycles. The molecule has 108 valence electrons. The van der Waals surface area contributed by atoms with Gasteiger partial charge in [0.1, 0.15) is 5.82 Å². The van der Waals surface area contributed by atoms with Gasteiger partial charge in [0.15, 0.2) is 0 Å². The van der Waals surface area contributed by atoms with Crippen molar-refractivity contribution in [1.82, 2.24) is 14.9 Å². The topological polar surface area (TPSA) is 29.9 Å². The average Bonchev–Trinajstić information content (AvgIpc) is 2.90. The lowest BCUT2D eigenvalue weighted by Crippen LogP contribution is -2.14. The number of hydrogen-bond acceptors (Lipinski definition) is 2. The molecule has 2 rings (SSSR count). The minimum atomic E-state index is 0.911. The van der Waals surface area contributed by atoms with E-state index >= 15 is 0 Å². The summed E-state index contributed by atoms with van der Waals surface area (Å²) in [6.07, 6.45) is 6.03. The van der Waals surface area contributed by atoms with Gasteiger partial charge in [-0.25, -0.2) is 4.98 Å². The van der Waals surface area contributed by atoms with Crippen molar-refractivity contribution in [3.63, 3.8) is 0 Å². The number of rotatable bonds is 7. The van der Waals surface area contributed by atoms with Crippen molar-refractivity contribution < 1.29 is 0 Å². The van der Waals surface area contributed by atoms with Gasteiger partial charge in [-0.1, -0.05) is 25.1 Å². The van der Waals surface area contributed by atoms with Gasteiger partial charge in [-0.05, 0) is 43.5 Å². The van der Waals surface area contributed by atoms with Crippen LogP contribution in [-0.4, -0.2) is 16.1 Å². The van der Waals surface area contributed by atoms with Crippen LogP contribution < -0.4 is 5.32 Å². The highest BCUT2D eigenvalue weighted by Gasteiger charge is 2.06. The second kappa shape index (κ2) is 7.25. The van der Waals surface area contributed by atoms with E-state index in [1.807, 2.05) is 6.20 Å². The lowest BCUT2D eigenvalue weighted by Gasteiger charge is -2.10. The Balaban J connectivity index is 2.12. The number of aryl methyl sites for hydroxylation is 2. The summed E-state index contributed by atoms with van der Waals surface area (Å²) >= 11 is 0. The van der Waals surface area contributed by atoms with Gasteiger partial charge in [-0.3, -0.25) is 0 Å². The van der Waals surface area contributed by atoms with Crippen LogP contribution in [0.1, 0.15) is 42.8 Å². The molecule has 3 nitrogen and oxygen atoms in total. The van der Waals surface area contributed by atoms with E-state index in [9.17, 15) is 0 Å². The van der Waals surface area contributed by atoms with E-state index in [4.69, 9.17) is 0 Å². The summed E-state index contributed by atoms with van der Waals surface area (Å²) in [5, 5.41) is 3.46. The van der Waals surface area contributed by atoms with Crippen molar-refractivity contribution in [3.8, 4) is 0 Å². The first kappa shape index (κ1) is 14.8. The van der Waals surface area contributed by atoms with E-state index in [1.54, 1.807) is 0 Å². The third kappa shape index (κ3) is 3.70. The predicted molar refractivity (Wildman–Crippen MR) is 83.9 cm³/mol. The SMILES string of the molecule is CCCNCc1ccc(C)c(Cc2nccn2CC)c1. The number of hydrogen-bond donors (Lipinski definition) is 1. The lowest BCUT2D eigenvalue weighted by molar-refractivity contribution is 0.674. The molecular weight excluding hydrogens is 246 g/mol.